The average Bonchev–Trinajstić information content (AvgIpc) is 2.19. The van der Waals surface area contributed by atoms with Gasteiger partial charge in [0.1, 0.15) is 0 Å². The first-order valence-electron chi connectivity index (χ1n) is 5.26. The van der Waals surface area contributed by atoms with Gasteiger partial charge in [0, 0.05) is 0 Å². The standard InChI is InChI=1S/C10H14F6O2/c1-3-4-5-6-8(7(17)18-2,9(11,12)13)10(14,15)16/h3-6H2,1-2H3. The number of methoxy groups -OCH3 is 1. The van der Waals surface area contributed by atoms with Crippen LogP contribution in [0.4, 0.5) is 26.3 Å². The summed E-state index contributed by atoms with van der Waals surface area (Å²) in [6.45, 7) is 1.63. The topological polar surface area (TPSA) is 26.3 Å². The second-order valence-corrected chi connectivity index (χ2v) is 3.85. The summed E-state index contributed by atoms with van der Waals surface area (Å²) in [5, 5.41) is 0. The molecule has 18 heavy (non-hydrogen) atoms. The van der Waals surface area contributed by atoms with Crippen molar-refractivity contribution < 1.29 is 35.9 Å². The number of alkyl halides is 6. The highest BCUT2D eigenvalue weighted by Crippen LogP contribution is 2.54. The molecule has 0 fully saturated rings. The van der Waals surface area contributed by atoms with E-state index in [1.165, 1.54) is 0 Å². The molecular weight excluding hydrogens is 266 g/mol. The molecule has 0 N–H and O–H groups in total. The van der Waals surface area contributed by atoms with Gasteiger partial charge in [0.2, 0.25) is 0 Å². The zero-order valence-electron chi connectivity index (χ0n) is 9.91. The molecule has 108 valence electrons. The molecule has 0 unspecified atom stereocenters. The Balaban J connectivity index is 5.51. The minimum atomic E-state index is -5.73. The first kappa shape index (κ1) is 17.1. The van der Waals surface area contributed by atoms with Gasteiger partial charge in [0.05, 0.1) is 7.11 Å². The maximum absolute atomic E-state index is 12.7. The van der Waals surface area contributed by atoms with Crippen LogP contribution in [0.2, 0.25) is 0 Å². The van der Waals surface area contributed by atoms with E-state index in [0.29, 0.717) is 13.5 Å². The summed E-state index contributed by atoms with van der Waals surface area (Å²) >= 11 is 0. The molecule has 0 aromatic rings. The van der Waals surface area contributed by atoms with E-state index in [2.05, 4.69) is 4.74 Å². The smallest absolute Gasteiger partial charge is 0.413 e. The Morgan fingerprint density at radius 2 is 1.44 bits per heavy atom. The van der Waals surface area contributed by atoms with Gasteiger partial charge in [-0.15, -0.1) is 0 Å². The summed E-state index contributed by atoms with van der Waals surface area (Å²) in [6.07, 6.45) is -12.6. The molecule has 0 radical (unpaired) electrons. The molecule has 0 amide bonds. The molecule has 8 heteroatoms. The summed E-state index contributed by atoms with van der Waals surface area (Å²) in [7, 11) is 0.508. The van der Waals surface area contributed by atoms with Crippen molar-refractivity contribution in [2.75, 3.05) is 7.11 Å². The molecule has 0 aliphatic rings. The van der Waals surface area contributed by atoms with Gasteiger partial charge in [-0.3, -0.25) is 4.79 Å². The maximum Gasteiger partial charge on any atom is 0.413 e. The van der Waals surface area contributed by atoms with Crippen LogP contribution in [0, 0.1) is 5.41 Å². The number of halogens is 6. The van der Waals surface area contributed by atoms with Crippen LogP contribution in [0.25, 0.3) is 0 Å². The van der Waals surface area contributed by atoms with Crippen LogP contribution < -0.4 is 0 Å². The Bertz CT molecular complexity index is 267. The van der Waals surface area contributed by atoms with E-state index in [4.69, 9.17) is 0 Å². The number of carbonyl (C=O) groups is 1. The van der Waals surface area contributed by atoms with Gasteiger partial charge in [-0.2, -0.15) is 26.3 Å². The van der Waals surface area contributed by atoms with Crippen LogP contribution in [0.5, 0.6) is 0 Å². The lowest BCUT2D eigenvalue weighted by Gasteiger charge is -2.34. The zero-order chi connectivity index (χ0) is 14.6. The number of hydrogen-bond donors (Lipinski definition) is 0. The van der Waals surface area contributed by atoms with Crippen LogP contribution in [0.15, 0.2) is 0 Å². The highest BCUT2D eigenvalue weighted by Gasteiger charge is 2.75. The van der Waals surface area contributed by atoms with E-state index in [0.717, 1.165) is 0 Å². The molecule has 0 aromatic carbocycles. The van der Waals surface area contributed by atoms with Gasteiger partial charge in [-0.25, -0.2) is 0 Å². The Labute approximate surface area is 100 Å². The number of rotatable bonds is 5. The minimum absolute atomic E-state index is 0.172. The van der Waals surface area contributed by atoms with Crippen molar-refractivity contribution in [1.29, 1.82) is 0 Å². The van der Waals surface area contributed by atoms with Crippen molar-refractivity contribution >= 4 is 5.97 Å². The summed E-state index contributed by atoms with van der Waals surface area (Å²) in [6, 6.07) is 0. The van der Waals surface area contributed by atoms with Crippen LogP contribution >= 0.6 is 0 Å². The molecule has 0 rings (SSSR count). The lowest BCUT2D eigenvalue weighted by molar-refractivity contribution is -0.334. The molecule has 0 aliphatic heterocycles. The highest BCUT2D eigenvalue weighted by atomic mass is 19.4. The third-order valence-corrected chi connectivity index (χ3v) is 2.66. The molecule has 2 nitrogen and oxygen atoms in total. The quantitative estimate of drug-likeness (QED) is 0.434. The van der Waals surface area contributed by atoms with E-state index in [1.54, 1.807) is 6.92 Å². The Morgan fingerprint density at radius 3 is 1.72 bits per heavy atom. The van der Waals surface area contributed by atoms with Crippen LogP contribution in [0.3, 0.4) is 0 Å². The van der Waals surface area contributed by atoms with Crippen LogP contribution in [0.1, 0.15) is 32.6 Å². The second kappa shape index (κ2) is 5.79. The number of carbonyl (C=O) groups excluding carboxylic acids is 1. The van der Waals surface area contributed by atoms with Gasteiger partial charge < -0.3 is 4.74 Å². The van der Waals surface area contributed by atoms with Crippen molar-refractivity contribution in [2.24, 2.45) is 5.41 Å². The normalized spacial score (nSPS) is 13.6. The monoisotopic (exact) mass is 280 g/mol. The van der Waals surface area contributed by atoms with Crippen molar-refractivity contribution in [1.82, 2.24) is 0 Å². The largest absolute Gasteiger partial charge is 0.468 e. The fourth-order valence-electron chi connectivity index (χ4n) is 1.59. The molecule has 0 atom stereocenters. The lowest BCUT2D eigenvalue weighted by Crippen LogP contribution is -2.56. The molecule has 0 aliphatic carbocycles. The number of esters is 1. The summed E-state index contributed by atoms with van der Waals surface area (Å²) < 4.78 is 80.0. The molecule has 0 heterocycles. The third kappa shape index (κ3) is 3.08. The van der Waals surface area contributed by atoms with E-state index >= 15 is 0 Å². The van der Waals surface area contributed by atoms with Gasteiger partial charge in [0.25, 0.3) is 5.41 Å². The van der Waals surface area contributed by atoms with Crippen molar-refractivity contribution in [3.8, 4) is 0 Å². The SMILES string of the molecule is CCCCCC(C(=O)OC)(C(F)(F)F)C(F)(F)F. The molecule has 0 spiro atoms. The lowest BCUT2D eigenvalue weighted by atomic mass is 9.80. The number of hydrogen-bond acceptors (Lipinski definition) is 2. The molecule has 0 aromatic heterocycles. The zero-order valence-corrected chi connectivity index (χ0v) is 9.91. The van der Waals surface area contributed by atoms with Crippen LogP contribution in [-0.4, -0.2) is 25.4 Å². The van der Waals surface area contributed by atoms with Gasteiger partial charge in [-0.1, -0.05) is 26.2 Å². The number of unbranched alkanes of at least 4 members (excludes halogenated alkanes) is 2. The Hall–Kier alpha value is -0.950. The first-order chi connectivity index (χ1) is 8.04. The van der Waals surface area contributed by atoms with Crippen molar-refractivity contribution in [3.63, 3.8) is 0 Å². The summed E-state index contributed by atoms with van der Waals surface area (Å²) in [5.41, 5.74) is -4.43. The average molecular weight is 280 g/mol. The fourth-order valence-corrected chi connectivity index (χ4v) is 1.59. The second-order valence-electron chi connectivity index (χ2n) is 3.85. The van der Waals surface area contributed by atoms with Gasteiger partial charge in [-0.05, 0) is 6.42 Å². The van der Waals surface area contributed by atoms with Gasteiger partial charge in [0.15, 0.2) is 0 Å². The maximum atomic E-state index is 12.7. The predicted octanol–water partition coefficient (Wildman–Crippen LogP) is 3.85. The Morgan fingerprint density at radius 1 is 1.00 bits per heavy atom. The van der Waals surface area contributed by atoms with Crippen molar-refractivity contribution in [2.45, 2.75) is 45.0 Å². The van der Waals surface area contributed by atoms with Crippen molar-refractivity contribution in [3.05, 3.63) is 0 Å². The van der Waals surface area contributed by atoms with Gasteiger partial charge >= 0.3 is 18.3 Å². The fraction of sp³-hybridized carbons (Fsp3) is 0.900. The number of ether oxygens (including phenoxy) is 1. The summed E-state index contributed by atoms with van der Waals surface area (Å²) in [5.74, 6) is -2.31. The molecule has 0 bridgehead atoms. The van der Waals surface area contributed by atoms with E-state index in [9.17, 15) is 31.1 Å². The van der Waals surface area contributed by atoms with Crippen LogP contribution in [-0.2, 0) is 9.53 Å². The predicted molar refractivity (Wildman–Crippen MR) is 50.7 cm³/mol. The molecule has 0 saturated heterocycles. The minimum Gasteiger partial charge on any atom is -0.468 e. The van der Waals surface area contributed by atoms with E-state index in [1.807, 2.05) is 0 Å². The molecule has 0 saturated carbocycles. The summed E-state index contributed by atoms with van der Waals surface area (Å²) in [4.78, 5) is 11.1. The highest BCUT2D eigenvalue weighted by molar-refractivity contribution is 5.78. The Kier molecular flexibility index (Phi) is 5.49. The van der Waals surface area contributed by atoms with E-state index in [-0.39, 0.29) is 12.8 Å². The first-order valence-corrected chi connectivity index (χ1v) is 5.26. The van der Waals surface area contributed by atoms with E-state index < -0.39 is 30.2 Å². The molecular formula is C10H14F6O2. The third-order valence-electron chi connectivity index (χ3n) is 2.66.